The fourth-order valence-corrected chi connectivity index (χ4v) is 3.87. The van der Waals surface area contributed by atoms with Gasteiger partial charge in [0.1, 0.15) is 18.7 Å². The van der Waals surface area contributed by atoms with Crippen LogP contribution in [0.1, 0.15) is 43.7 Å². The number of nitrogens with one attached hydrogen (secondary N) is 2. The van der Waals surface area contributed by atoms with Crippen LogP contribution in [0.25, 0.3) is 11.1 Å². The first kappa shape index (κ1) is 24.4. The lowest BCUT2D eigenvalue weighted by molar-refractivity contribution is -0.141. The Kier molecular flexibility index (Phi) is 8.32. The summed E-state index contributed by atoms with van der Waals surface area (Å²) in [6, 6.07) is 13.7. The van der Waals surface area contributed by atoms with Gasteiger partial charge < -0.3 is 20.5 Å². The van der Waals surface area contributed by atoms with E-state index in [0.717, 1.165) is 22.3 Å². The number of amides is 2. The summed E-state index contributed by atoms with van der Waals surface area (Å²) in [4.78, 5) is 36.7. The first-order valence-corrected chi connectivity index (χ1v) is 10.9. The van der Waals surface area contributed by atoms with Gasteiger partial charge in [-0.2, -0.15) is 0 Å². The molecule has 0 radical (unpaired) electrons. The van der Waals surface area contributed by atoms with Crippen molar-refractivity contribution in [2.75, 3.05) is 6.61 Å². The predicted octanol–water partition coefficient (Wildman–Crippen LogP) is 3.29. The number of hydrogen-bond donors (Lipinski definition) is 3. The van der Waals surface area contributed by atoms with Gasteiger partial charge in [0.25, 0.3) is 0 Å². The van der Waals surface area contributed by atoms with E-state index >= 15 is 0 Å². The number of benzene rings is 2. The third-order valence-corrected chi connectivity index (χ3v) is 5.53. The molecule has 0 aromatic heterocycles. The Morgan fingerprint density at radius 1 is 0.882 bits per heavy atom. The molecule has 7 nitrogen and oxygen atoms in total. The molecular weight excluding hydrogens is 432 g/mol. The first-order chi connectivity index (χ1) is 16.5. The zero-order valence-corrected chi connectivity index (χ0v) is 19.1. The molecule has 2 aromatic carbocycles. The van der Waals surface area contributed by atoms with Crippen molar-refractivity contribution in [1.82, 2.24) is 10.6 Å². The van der Waals surface area contributed by atoms with Crippen LogP contribution in [0.5, 0.6) is 0 Å². The van der Waals surface area contributed by atoms with Crippen molar-refractivity contribution in [3.8, 4) is 34.8 Å². The second kappa shape index (κ2) is 11.6. The zero-order valence-electron chi connectivity index (χ0n) is 19.1. The van der Waals surface area contributed by atoms with Crippen molar-refractivity contribution in [1.29, 1.82) is 0 Å². The van der Waals surface area contributed by atoms with Gasteiger partial charge in [0.15, 0.2) is 0 Å². The summed E-state index contributed by atoms with van der Waals surface area (Å²) < 4.78 is 5.50. The molecule has 0 spiro atoms. The summed E-state index contributed by atoms with van der Waals surface area (Å²) >= 11 is 0. The maximum Gasteiger partial charge on any atom is 0.407 e. The monoisotopic (exact) mass is 458 g/mol. The van der Waals surface area contributed by atoms with Crippen molar-refractivity contribution in [2.45, 2.75) is 44.7 Å². The number of carbonyl (C=O) groups excluding carboxylic acids is 2. The van der Waals surface area contributed by atoms with Crippen LogP contribution in [0.15, 0.2) is 48.5 Å². The SMILES string of the molecule is CC#CCC(NC(=O)C(CC#CC)NC(=O)OCC1c2ccccc2-c2ccccc21)C(=O)O. The first-order valence-electron chi connectivity index (χ1n) is 10.9. The Morgan fingerprint density at radius 2 is 1.41 bits per heavy atom. The molecule has 174 valence electrons. The lowest BCUT2D eigenvalue weighted by Gasteiger charge is -2.20. The average Bonchev–Trinajstić information content (AvgIpc) is 3.16. The van der Waals surface area contributed by atoms with Crippen LogP contribution in [0.3, 0.4) is 0 Å². The van der Waals surface area contributed by atoms with Gasteiger partial charge in [-0.3, -0.25) is 4.79 Å². The summed E-state index contributed by atoms with van der Waals surface area (Å²) in [5.41, 5.74) is 4.36. The number of aliphatic carboxylic acids is 1. The molecule has 0 saturated heterocycles. The Morgan fingerprint density at radius 3 is 1.94 bits per heavy atom. The molecule has 34 heavy (non-hydrogen) atoms. The lowest BCUT2D eigenvalue weighted by atomic mass is 9.98. The van der Waals surface area contributed by atoms with Gasteiger partial charge in [-0.25, -0.2) is 9.59 Å². The number of carboxylic acid groups (broad SMARTS) is 1. The molecule has 2 atom stereocenters. The predicted molar refractivity (Wildman–Crippen MR) is 128 cm³/mol. The highest BCUT2D eigenvalue weighted by Gasteiger charge is 2.30. The Hall–Kier alpha value is -4.23. The fraction of sp³-hybridized carbons (Fsp3) is 0.296. The van der Waals surface area contributed by atoms with E-state index in [0.29, 0.717) is 0 Å². The van der Waals surface area contributed by atoms with Crippen LogP contribution < -0.4 is 10.6 Å². The van der Waals surface area contributed by atoms with E-state index < -0.39 is 30.1 Å². The molecule has 0 saturated carbocycles. The van der Waals surface area contributed by atoms with Gasteiger partial charge in [0, 0.05) is 18.8 Å². The summed E-state index contributed by atoms with van der Waals surface area (Å²) in [6.45, 7) is 3.29. The number of alkyl carbamates (subject to hydrolysis) is 1. The third-order valence-electron chi connectivity index (χ3n) is 5.53. The molecule has 1 aliphatic carbocycles. The molecule has 1 aliphatic rings. The molecule has 2 aromatic rings. The average molecular weight is 459 g/mol. The van der Waals surface area contributed by atoms with E-state index in [1.807, 2.05) is 48.5 Å². The van der Waals surface area contributed by atoms with Crippen molar-refractivity contribution in [3.63, 3.8) is 0 Å². The molecular formula is C27H26N2O5. The smallest absolute Gasteiger partial charge is 0.407 e. The molecule has 0 bridgehead atoms. The number of carbonyl (C=O) groups is 3. The Labute approximate surface area is 198 Å². The number of hydrogen-bond acceptors (Lipinski definition) is 4. The standard InChI is InChI=1S/C27H26N2O5/c1-3-5-15-23(25(30)28-24(26(31)32)16-6-4-2)29-27(33)34-17-22-20-13-9-7-11-18(20)19-12-8-10-14-21(19)22/h7-14,22-24H,15-17H2,1-2H3,(H,28,30)(H,29,33)(H,31,32). The maximum atomic E-state index is 12.7. The van der Waals surface area contributed by atoms with Crippen LogP contribution >= 0.6 is 0 Å². The van der Waals surface area contributed by atoms with E-state index in [2.05, 4.69) is 34.3 Å². The van der Waals surface area contributed by atoms with E-state index in [1.54, 1.807) is 13.8 Å². The number of fused-ring (bicyclic) bond motifs is 3. The lowest BCUT2D eigenvalue weighted by Crippen LogP contribution is -2.51. The number of carboxylic acids is 1. The second-order valence-electron chi connectivity index (χ2n) is 7.68. The highest BCUT2D eigenvalue weighted by Crippen LogP contribution is 2.44. The highest BCUT2D eigenvalue weighted by molar-refractivity contribution is 5.89. The molecule has 0 heterocycles. The van der Waals surface area contributed by atoms with E-state index in [-0.39, 0.29) is 25.4 Å². The third kappa shape index (κ3) is 5.76. The van der Waals surface area contributed by atoms with Crippen LogP contribution in [-0.4, -0.2) is 41.8 Å². The Bertz CT molecular complexity index is 1150. The second-order valence-corrected chi connectivity index (χ2v) is 7.68. The van der Waals surface area contributed by atoms with Crippen LogP contribution in [0.4, 0.5) is 4.79 Å². The normalized spacial score (nSPS) is 13.0. The van der Waals surface area contributed by atoms with Crippen molar-refractivity contribution in [3.05, 3.63) is 59.7 Å². The van der Waals surface area contributed by atoms with Crippen molar-refractivity contribution < 1.29 is 24.2 Å². The summed E-state index contributed by atoms with van der Waals surface area (Å²) in [6.07, 6.45) is -0.812. The van der Waals surface area contributed by atoms with Gasteiger partial charge >= 0.3 is 12.1 Å². The van der Waals surface area contributed by atoms with Crippen LogP contribution in [0, 0.1) is 23.7 Å². The molecule has 0 aliphatic heterocycles. The number of rotatable bonds is 8. The topological polar surface area (TPSA) is 105 Å². The minimum atomic E-state index is -1.21. The van der Waals surface area contributed by atoms with Crippen LogP contribution in [-0.2, 0) is 14.3 Å². The molecule has 0 fully saturated rings. The highest BCUT2D eigenvalue weighted by atomic mass is 16.5. The summed E-state index contributed by atoms with van der Waals surface area (Å²) in [5, 5.41) is 14.3. The van der Waals surface area contributed by atoms with E-state index in [1.165, 1.54) is 0 Å². The van der Waals surface area contributed by atoms with Crippen LogP contribution in [0.2, 0.25) is 0 Å². The largest absolute Gasteiger partial charge is 0.480 e. The van der Waals surface area contributed by atoms with E-state index in [4.69, 9.17) is 4.74 Å². The maximum absolute atomic E-state index is 12.7. The van der Waals surface area contributed by atoms with Gasteiger partial charge in [0.2, 0.25) is 5.91 Å². The fourth-order valence-electron chi connectivity index (χ4n) is 3.87. The van der Waals surface area contributed by atoms with E-state index in [9.17, 15) is 19.5 Å². The molecule has 2 unspecified atom stereocenters. The Balaban J connectivity index is 1.67. The quantitative estimate of drug-likeness (QED) is 0.527. The molecule has 7 heteroatoms. The molecule has 3 rings (SSSR count). The van der Waals surface area contributed by atoms with Gasteiger partial charge in [-0.05, 0) is 36.1 Å². The molecule has 3 N–H and O–H groups in total. The summed E-state index contributed by atoms with van der Waals surface area (Å²) in [7, 11) is 0. The van der Waals surface area contributed by atoms with Gasteiger partial charge in [-0.15, -0.1) is 23.7 Å². The van der Waals surface area contributed by atoms with Crippen molar-refractivity contribution >= 4 is 18.0 Å². The number of ether oxygens (including phenoxy) is 1. The minimum absolute atomic E-state index is 0.0122. The zero-order chi connectivity index (χ0) is 24.5. The molecule has 2 amide bonds. The minimum Gasteiger partial charge on any atom is -0.480 e. The van der Waals surface area contributed by atoms with Crippen molar-refractivity contribution in [2.24, 2.45) is 0 Å². The van der Waals surface area contributed by atoms with Gasteiger partial charge in [0.05, 0.1) is 0 Å². The summed E-state index contributed by atoms with van der Waals surface area (Å²) in [5.74, 6) is 8.67. The van der Waals surface area contributed by atoms with Gasteiger partial charge in [-0.1, -0.05) is 48.5 Å².